The van der Waals surface area contributed by atoms with E-state index >= 15 is 0 Å². The van der Waals surface area contributed by atoms with Crippen LogP contribution in [0.4, 0.5) is 0 Å². The molecule has 318 valence electrons. The van der Waals surface area contributed by atoms with Crippen molar-refractivity contribution in [3.8, 4) is 11.5 Å². The lowest BCUT2D eigenvalue weighted by atomic mass is 9.86. The number of hydrogen-bond donors (Lipinski definition) is 0. The SMILES string of the molecule is C[C@H]([C@@H](OC(=O)CP(=O)(Oc1ccccc1)Oc1ccccc1)[C@@H](C)/C=C/CO[Si](C)(C)C(C)(C)C)[C@H](C[C@@H](C)O[Si](C)(C)C(C)(C)C)O[Si](C)(C)C(C)(C)C. The van der Waals surface area contributed by atoms with Gasteiger partial charge in [-0.3, -0.25) is 4.79 Å². The van der Waals surface area contributed by atoms with Crippen molar-refractivity contribution in [3.05, 3.63) is 72.8 Å². The van der Waals surface area contributed by atoms with Crippen molar-refractivity contribution in [1.82, 2.24) is 0 Å². The molecule has 0 aliphatic heterocycles. The van der Waals surface area contributed by atoms with Crippen LogP contribution in [-0.4, -0.2) is 62.0 Å². The summed E-state index contributed by atoms with van der Waals surface area (Å²) in [4.78, 5) is 14.2. The van der Waals surface area contributed by atoms with Gasteiger partial charge in [0, 0.05) is 17.9 Å². The van der Waals surface area contributed by atoms with Crippen molar-refractivity contribution < 1.29 is 36.4 Å². The summed E-state index contributed by atoms with van der Waals surface area (Å²) >= 11 is 0. The maximum absolute atomic E-state index is 14.5. The summed E-state index contributed by atoms with van der Waals surface area (Å²) in [5, 5.41) is 0.0711. The molecule has 2 aromatic rings. The molecule has 56 heavy (non-hydrogen) atoms. The average Bonchev–Trinajstić information content (AvgIpc) is 3.03. The lowest BCUT2D eigenvalue weighted by Gasteiger charge is -2.44. The fraction of sp³-hybridized carbons (Fsp3) is 0.659. The Kier molecular flexibility index (Phi) is 17.8. The molecule has 0 aromatic heterocycles. The molecule has 0 N–H and O–H groups in total. The molecule has 0 bridgehead atoms. The first-order valence-electron chi connectivity index (χ1n) is 20.3. The molecule has 5 atom stereocenters. The highest BCUT2D eigenvalue weighted by Gasteiger charge is 2.45. The molecular weight excluding hydrogens is 772 g/mol. The molecule has 0 heterocycles. The minimum Gasteiger partial charge on any atom is -0.461 e. The van der Waals surface area contributed by atoms with Gasteiger partial charge in [-0.1, -0.05) is 125 Å². The average molecular weight is 849 g/mol. The van der Waals surface area contributed by atoms with E-state index in [1.807, 2.05) is 18.2 Å². The van der Waals surface area contributed by atoms with E-state index in [0.29, 0.717) is 24.5 Å². The molecule has 0 fully saturated rings. The Morgan fingerprint density at radius 1 is 0.679 bits per heavy atom. The van der Waals surface area contributed by atoms with Crippen LogP contribution < -0.4 is 9.05 Å². The van der Waals surface area contributed by atoms with E-state index in [1.54, 1.807) is 48.5 Å². The number of para-hydroxylation sites is 2. The maximum Gasteiger partial charge on any atom is 0.441 e. The van der Waals surface area contributed by atoms with Crippen LogP contribution >= 0.6 is 7.60 Å². The molecule has 0 aliphatic carbocycles. The van der Waals surface area contributed by atoms with Gasteiger partial charge in [0.1, 0.15) is 17.6 Å². The predicted octanol–water partition coefficient (Wildman–Crippen LogP) is 13.3. The molecule has 2 rings (SSSR count). The number of esters is 1. The Hall–Kier alpha value is -1.99. The molecule has 0 aliphatic rings. The highest BCUT2D eigenvalue weighted by molar-refractivity contribution is 7.55. The minimum atomic E-state index is -4.09. The summed E-state index contributed by atoms with van der Waals surface area (Å²) in [6.45, 7) is 40.4. The zero-order valence-corrected chi connectivity index (χ0v) is 42.0. The Balaban J connectivity index is 2.57. The van der Waals surface area contributed by atoms with Crippen molar-refractivity contribution in [2.24, 2.45) is 11.8 Å². The third-order valence-corrected chi connectivity index (χ3v) is 27.3. The molecule has 0 saturated heterocycles. The summed E-state index contributed by atoms with van der Waals surface area (Å²) < 4.78 is 53.5. The molecule has 2 aromatic carbocycles. The van der Waals surface area contributed by atoms with E-state index < -0.39 is 50.8 Å². The number of benzene rings is 2. The summed E-state index contributed by atoms with van der Waals surface area (Å²) in [7, 11) is -10.5. The van der Waals surface area contributed by atoms with E-state index in [1.165, 1.54) is 0 Å². The Labute approximate surface area is 344 Å². The van der Waals surface area contributed by atoms with Gasteiger partial charge < -0.3 is 27.1 Å². The number of ether oxygens (including phenoxy) is 1. The first kappa shape index (κ1) is 50.2. The third-order valence-electron chi connectivity index (χ3n) is 12.1. The number of rotatable bonds is 20. The predicted molar refractivity (Wildman–Crippen MR) is 242 cm³/mol. The summed E-state index contributed by atoms with van der Waals surface area (Å²) in [6.07, 6.45) is 3.14. The molecule has 0 amide bonds. The zero-order valence-electron chi connectivity index (χ0n) is 38.1. The van der Waals surface area contributed by atoms with Crippen LogP contribution in [0, 0.1) is 11.8 Å². The highest BCUT2D eigenvalue weighted by atomic mass is 31.2. The normalized spacial score (nSPS) is 16.5. The summed E-state index contributed by atoms with van der Waals surface area (Å²) in [5.41, 5.74) is 0. The van der Waals surface area contributed by atoms with Crippen molar-refractivity contribution in [1.29, 1.82) is 0 Å². The largest absolute Gasteiger partial charge is 0.461 e. The second-order valence-electron chi connectivity index (χ2n) is 20.1. The zero-order chi connectivity index (χ0) is 43.0. The first-order valence-corrected chi connectivity index (χ1v) is 30.8. The Morgan fingerprint density at radius 3 is 1.54 bits per heavy atom. The first-order chi connectivity index (χ1) is 25.4. The topological polar surface area (TPSA) is 89.5 Å². The van der Waals surface area contributed by atoms with E-state index in [9.17, 15) is 9.36 Å². The van der Waals surface area contributed by atoms with E-state index in [2.05, 4.69) is 128 Å². The molecule has 8 nitrogen and oxygen atoms in total. The van der Waals surface area contributed by atoms with Crippen molar-refractivity contribution >= 4 is 38.5 Å². The van der Waals surface area contributed by atoms with Crippen LogP contribution in [-0.2, 0) is 27.4 Å². The molecule has 0 spiro atoms. The van der Waals surface area contributed by atoms with Crippen LogP contribution in [0.15, 0.2) is 72.8 Å². The molecule has 0 saturated carbocycles. The van der Waals surface area contributed by atoms with Gasteiger partial charge in [-0.25, -0.2) is 4.57 Å². The van der Waals surface area contributed by atoms with Crippen LogP contribution in [0.1, 0.15) is 89.5 Å². The van der Waals surface area contributed by atoms with Crippen molar-refractivity contribution in [2.45, 2.75) is 162 Å². The third kappa shape index (κ3) is 15.3. The lowest BCUT2D eigenvalue weighted by Crippen LogP contribution is -2.50. The van der Waals surface area contributed by atoms with E-state index in [-0.39, 0.29) is 39.2 Å². The van der Waals surface area contributed by atoms with Gasteiger partial charge in [-0.05, 0) is 92.0 Å². The number of carbonyl (C=O) groups is 1. The van der Waals surface area contributed by atoms with Gasteiger partial charge in [0.05, 0.1) is 12.7 Å². The standard InChI is InChI=1S/C44H77O8PSi3/c1-34(26-25-31-47-54(13,14)42(4,5)6)41(36(3)39(52-56(17,18)44(10,11)12)32-35(2)51-55(15,16)43(7,8)9)48-40(45)33-53(46,49-37-27-21-19-22-28-37)50-38-29-23-20-24-30-38/h19-30,34-36,39,41H,31-33H2,1-18H3/b26-25+/t34-,35+,36-,39-,41-/m0/s1. The van der Waals surface area contributed by atoms with Crippen LogP contribution in [0.25, 0.3) is 0 Å². The molecule has 12 heteroatoms. The number of hydrogen-bond acceptors (Lipinski definition) is 8. The maximum atomic E-state index is 14.5. The van der Waals surface area contributed by atoms with Gasteiger partial charge >= 0.3 is 13.6 Å². The molecular formula is C44H77O8PSi3. The summed E-state index contributed by atoms with van der Waals surface area (Å²) in [5.74, 6) is -0.499. The summed E-state index contributed by atoms with van der Waals surface area (Å²) in [6, 6.07) is 17.5. The van der Waals surface area contributed by atoms with Gasteiger partial charge in [-0.15, -0.1) is 0 Å². The Bertz CT molecular complexity index is 1530. The van der Waals surface area contributed by atoms with Crippen LogP contribution in [0.2, 0.25) is 54.4 Å². The number of carbonyl (C=O) groups excluding carboxylic acids is 1. The fourth-order valence-corrected chi connectivity index (χ4v) is 10.7. The van der Waals surface area contributed by atoms with Gasteiger partial charge in [-0.2, -0.15) is 0 Å². The highest BCUT2D eigenvalue weighted by Crippen LogP contribution is 2.49. The molecule has 0 unspecified atom stereocenters. The van der Waals surface area contributed by atoms with E-state index in [0.717, 1.165) is 0 Å². The Morgan fingerprint density at radius 2 is 1.11 bits per heavy atom. The van der Waals surface area contributed by atoms with Crippen LogP contribution in [0.5, 0.6) is 11.5 Å². The van der Waals surface area contributed by atoms with Gasteiger partial charge in [0.2, 0.25) is 0 Å². The van der Waals surface area contributed by atoms with Crippen molar-refractivity contribution in [3.63, 3.8) is 0 Å². The minimum absolute atomic E-state index is 0.0457. The fourth-order valence-electron chi connectivity index (χ4n) is 5.45. The smallest absolute Gasteiger partial charge is 0.441 e. The van der Waals surface area contributed by atoms with Crippen LogP contribution in [0.3, 0.4) is 0 Å². The van der Waals surface area contributed by atoms with E-state index in [4.69, 9.17) is 27.1 Å². The second kappa shape index (κ2) is 19.8. The molecule has 0 radical (unpaired) electrons. The monoisotopic (exact) mass is 848 g/mol. The quantitative estimate of drug-likeness (QED) is 0.0563. The van der Waals surface area contributed by atoms with Gasteiger partial charge in [0.25, 0.3) is 0 Å². The second-order valence-corrected chi connectivity index (χ2v) is 36.3. The lowest BCUT2D eigenvalue weighted by molar-refractivity contribution is -0.153. The van der Waals surface area contributed by atoms with Gasteiger partial charge in [0.15, 0.2) is 31.1 Å². The van der Waals surface area contributed by atoms with Crippen molar-refractivity contribution in [2.75, 3.05) is 12.8 Å².